The molecule has 0 radical (unpaired) electrons. The topological polar surface area (TPSA) is 120 Å². The van der Waals surface area contributed by atoms with Gasteiger partial charge in [0.2, 0.25) is 0 Å². The van der Waals surface area contributed by atoms with E-state index in [0.29, 0.717) is 35.6 Å². The summed E-state index contributed by atoms with van der Waals surface area (Å²) < 4.78 is 0. The number of fused-ring (bicyclic) bond motifs is 1. The van der Waals surface area contributed by atoms with Crippen LogP contribution < -0.4 is 10.9 Å². The largest absolute Gasteiger partial charge is 0.324 e. The van der Waals surface area contributed by atoms with Crippen LogP contribution in [0.25, 0.3) is 11.0 Å². The molecule has 1 atom stereocenters. The minimum Gasteiger partial charge on any atom is -0.324 e. The Kier molecular flexibility index (Phi) is 4.11. The molecule has 1 aliphatic rings. The van der Waals surface area contributed by atoms with Gasteiger partial charge in [-0.15, -0.1) is 0 Å². The number of benzene rings is 1. The Hall–Kier alpha value is -3.23. The first-order valence-electron chi connectivity index (χ1n) is 8.53. The van der Waals surface area contributed by atoms with Crippen molar-refractivity contribution < 1.29 is 4.79 Å². The van der Waals surface area contributed by atoms with Crippen molar-refractivity contribution in [1.82, 2.24) is 30.3 Å². The van der Waals surface area contributed by atoms with Gasteiger partial charge >= 0.3 is 6.03 Å². The van der Waals surface area contributed by atoms with E-state index in [0.717, 1.165) is 18.5 Å². The van der Waals surface area contributed by atoms with Crippen molar-refractivity contribution in [1.29, 1.82) is 0 Å². The highest BCUT2D eigenvalue weighted by atomic mass is 16.2. The predicted molar refractivity (Wildman–Crippen MR) is 96.1 cm³/mol. The summed E-state index contributed by atoms with van der Waals surface area (Å²) in [6.45, 7) is 2.95. The Balaban J connectivity index is 1.51. The fourth-order valence-corrected chi connectivity index (χ4v) is 3.38. The second-order valence-electron chi connectivity index (χ2n) is 6.47. The highest BCUT2D eigenvalue weighted by Gasteiger charge is 2.26. The summed E-state index contributed by atoms with van der Waals surface area (Å²) in [6, 6.07) is 6.78. The number of urea groups is 1. The third-order valence-electron chi connectivity index (χ3n) is 4.60. The number of hydrogen-bond donors (Lipinski definition) is 3. The van der Waals surface area contributed by atoms with Crippen LogP contribution in [0.3, 0.4) is 0 Å². The molecule has 0 spiro atoms. The highest BCUT2D eigenvalue weighted by Crippen LogP contribution is 2.26. The number of H-pyrrole nitrogens is 2. The maximum atomic E-state index is 12.7. The number of aryl methyl sites for hydroxylation is 1. The minimum absolute atomic E-state index is 0.0540. The molecule has 3 N–H and O–H groups in total. The lowest BCUT2D eigenvalue weighted by atomic mass is 9.94. The summed E-state index contributed by atoms with van der Waals surface area (Å²) in [5.74, 6) is 0.644. The van der Waals surface area contributed by atoms with Gasteiger partial charge in [0.05, 0.1) is 11.4 Å². The lowest BCUT2D eigenvalue weighted by Crippen LogP contribution is -2.42. The number of nitrogens with one attached hydrogen (secondary N) is 3. The standard InChI is InChI=1S/C17H19N7O2/c1-10-18-14(8-15(25)19-10)11-4-3-7-24(9-11)17(26)20-12-5-2-6-13-16(12)22-23-21-13/h2,5-6,8,11H,3-4,7,9H2,1H3,(H,20,26)(H,18,19,25)(H,21,22,23). The Bertz CT molecular complexity index is 1010. The zero-order valence-electron chi connectivity index (χ0n) is 14.3. The van der Waals surface area contributed by atoms with Crippen molar-refractivity contribution in [2.24, 2.45) is 0 Å². The number of aromatic amines is 2. The first kappa shape index (κ1) is 16.2. The van der Waals surface area contributed by atoms with Crippen LogP contribution >= 0.6 is 0 Å². The maximum Gasteiger partial charge on any atom is 0.321 e. The van der Waals surface area contributed by atoms with Crippen LogP contribution in [0.4, 0.5) is 10.5 Å². The number of likely N-dealkylation sites (tertiary alicyclic amines) is 1. The molecule has 3 heterocycles. The fraction of sp³-hybridized carbons (Fsp3) is 0.353. The number of para-hydroxylation sites is 1. The van der Waals surface area contributed by atoms with Crippen molar-refractivity contribution >= 4 is 22.8 Å². The summed E-state index contributed by atoms with van der Waals surface area (Å²) in [7, 11) is 0. The SMILES string of the molecule is Cc1nc(C2CCCN(C(=O)Nc3cccc4n[nH]nc34)C2)cc(=O)[nH]1. The highest BCUT2D eigenvalue weighted by molar-refractivity contribution is 5.98. The molecule has 2 aromatic heterocycles. The zero-order valence-corrected chi connectivity index (χ0v) is 14.3. The van der Waals surface area contributed by atoms with E-state index in [1.54, 1.807) is 17.9 Å². The maximum absolute atomic E-state index is 12.7. The van der Waals surface area contributed by atoms with Gasteiger partial charge in [-0.3, -0.25) is 4.79 Å². The quantitative estimate of drug-likeness (QED) is 0.648. The van der Waals surface area contributed by atoms with Gasteiger partial charge in [-0.05, 0) is 31.9 Å². The smallest absolute Gasteiger partial charge is 0.321 e. The van der Waals surface area contributed by atoms with E-state index < -0.39 is 0 Å². The molecule has 1 fully saturated rings. The lowest BCUT2D eigenvalue weighted by molar-refractivity contribution is 0.192. The second kappa shape index (κ2) is 6.58. The Morgan fingerprint density at radius 2 is 2.23 bits per heavy atom. The van der Waals surface area contributed by atoms with Gasteiger partial charge in [0, 0.05) is 25.1 Å². The molecule has 3 aromatic rings. The molecule has 0 bridgehead atoms. The number of nitrogens with zero attached hydrogens (tertiary/aromatic N) is 4. The first-order valence-corrected chi connectivity index (χ1v) is 8.53. The summed E-state index contributed by atoms with van der Waals surface area (Å²) >= 11 is 0. The summed E-state index contributed by atoms with van der Waals surface area (Å²) in [6.07, 6.45) is 1.76. The molecule has 2 amide bonds. The van der Waals surface area contributed by atoms with E-state index in [-0.39, 0.29) is 17.5 Å². The van der Waals surface area contributed by atoms with Crippen LogP contribution in [0.1, 0.15) is 30.3 Å². The summed E-state index contributed by atoms with van der Waals surface area (Å²) in [5, 5.41) is 13.6. The van der Waals surface area contributed by atoms with Gasteiger partial charge in [0.25, 0.3) is 5.56 Å². The molecule has 4 rings (SSSR count). The molecule has 1 aromatic carbocycles. The van der Waals surface area contributed by atoms with E-state index in [9.17, 15) is 9.59 Å². The van der Waals surface area contributed by atoms with E-state index in [4.69, 9.17) is 0 Å². The van der Waals surface area contributed by atoms with E-state index in [1.807, 2.05) is 12.1 Å². The van der Waals surface area contributed by atoms with Crippen molar-refractivity contribution in [2.45, 2.75) is 25.7 Å². The Morgan fingerprint density at radius 3 is 3.08 bits per heavy atom. The zero-order chi connectivity index (χ0) is 18.1. The number of carbonyl (C=O) groups is 1. The lowest BCUT2D eigenvalue weighted by Gasteiger charge is -2.32. The molecule has 9 heteroatoms. The molecule has 1 unspecified atom stereocenters. The van der Waals surface area contributed by atoms with Gasteiger partial charge in [0.15, 0.2) is 0 Å². The van der Waals surface area contributed by atoms with Gasteiger partial charge in [0.1, 0.15) is 16.9 Å². The van der Waals surface area contributed by atoms with Crippen LogP contribution in [-0.2, 0) is 0 Å². The Morgan fingerprint density at radius 1 is 1.35 bits per heavy atom. The minimum atomic E-state index is -0.188. The molecule has 9 nitrogen and oxygen atoms in total. The molecule has 0 saturated carbocycles. The van der Waals surface area contributed by atoms with Crippen LogP contribution in [-0.4, -0.2) is 49.4 Å². The van der Waals surface area contributed by atoms with E-state index >= 15 is 0 Å². The van der Waals surface area contributed by atoms with Crippen LogP contribution in [0.15, 0.2) is 29.1 Å². The summed E-state index contributed by atoms with van der Waals surface area (Å²) in [5.41, 5.74) is 2.52. The monoisotopic (exact) mass is 353 g/mol. The molecule has 26 heavy (non-hydrogen) atoms. The second-order valence-corrected chi connectivity index (χ2v) is 6.47. The number of anilines is 1. The molecular weight excluding hydrogens is 334 g/mol. The average molecular weight is 353 g/mol. The number of amides is 2. The number of rotatable bonds is 2. The first-order chi connectivity index (χ1) is 12.6. The number of piperidine rings is 1. The van der Waals surface area contributed by atoms with Crippen molar-refractivity contribution in [3.8, 4) is 0 Å². The van der Waals surface area contributed by atoms with Crippen LogP contribution in [0, 0.1) is 6.92 Å². The van der Waals surface area contributed by atoms with Crippen molar-refractivity contribution in [2.75, 3.05) is 18.4 Å². The van der Waals surface area contributed by atoms with Gasteiger partial charge < -0.3 is 15.2 Å². The number of hydrogen-bond acceptors (Lipinski definition) is 5. The molecule has 1 aliphatic heterocycles. The average Bonchev–Trinajstić information content (AvgIpc) is 3.11. The van der Waals surface area contributed by atoms with Crippen LogP contribution in [0.2, 0.25) is 0 Å². The summed E-state index contributed by atoms with van der Waals surface area (Å²) in [4.78, 5) is 33.3. The molecule has 0 aliphatic carbocycles. The Labute approximate surface area is 148 Å². The van der Waals surface area contributed by atoms with Gasteiger partial charge in [-0.25, -0.2) is 9.78 Å². The molecular formula is C17H19N7O2. The van der Waals surface area contributed by atoms with Crippen LogP contribution in [0.5, 0.6) is 0 Å². The third kappa shape index (κ3) is 3.15. The number of aromatic nitrogens is 5. The van der Waals surface area contributed by atoms with Crippen molar-refractivity contribution in [3.63, 3.8) is 0 Å². The third-order valence-corrected chi connectivity index (χ3v) is 4.60. The van der Waals surface area contributed by atoms with E-state index in [1.165, 1.54) is 6.07 Å². The molecule has 1 saturated heterocycles. The fourth-order valence-electron chi connectivity index (χ4n) is 3.38. The van der Waals surface area contributed by atoms with Gasteiger partial charge in [-0.2, -0.15) is 15.4 Å². The van der Waals surface area contributed by atoms with Crippen molar-refractivity contribution in [3.05, 3.63) is 46.1 Å². The van der Waals surface area contributed by atoms with Gasteiger partial charge in [-0.1, -0.05) is 6.07 Å². The number of carbonyl (C=O) groups excluding carboxylic acids is 1. The molecule has 134 valence electrons. The van der Waals surface area contributed by atoms with E-state index in [2.05, 4.69) is 30.7 Å². The normalized spacial score (nSPS) is 17.4. The predicted octanol–water partition coefficient (Wildman–Crippen LogP) is 1.76.